The number of hydrogen-bond acceptors (Lipinski definition) is 2. The van der Waals surface area contributed by atoms with Gasteiger partial charge in [0.1, 0.15) is 6.10 Å². The van der Waals surface area contributed by atoms with E-state index in [9.17, 15) is 4.79 Å². The molecule has 0 radical (unpaired) electrons. The summed E-state index contributed by atoms with van der Waals surface area (Å²) in [5.41, 5.74) is 4.59. The van der Waals surface area contributed by atoms with Crippen molar-refractivity contribution in [1.29, 1.82) is 0 Å². The smallest absolute Gasteiger partial charge is 0.250 e. The van der Waals surface area contributed by atoms with Gasteiger partial charge in [-0.05, 0) is 0 Å². The van der Waals surface area contributed by atoms with Gasteiger partial charge in [-0.25, -0.2) is 0 Å². The maximum atomic E-state index is 9.83. The molecule has 1 atom stereocenters. The third-order valence-electron chi connectivity index (χ3n) is 0.515. The quantitative estimate of drug-likeness (QED) is 0.441. The van der Waals surface area contributed by atoms with Gasteiger partial charge in [0.05, 0.1) is 0 Å². The lowest BCUT2D eigenvalue weighted by Crippen LogP contribution is -2.25. The van der Waals surface area contributed by atoms with Gasteiger partial charge in [-0.15, -0.1) is 0 Å². The van der Waals surface area contributed by atoms with Crippen LogP contribution in [0.25, 0.3) is 0 Å². The Labute approximate surface area is 41.4 Å². The minimum atomic E-state index is -1.19. The summed E-state index contributed by atoms with van der Waals surface area (Å²) in [5.74, 6) is -0.769. The summed E-state index contributed by atoms with van der Waals surface area (Å²) < 4.78 is 0. The molecule has 1 amide bonds. The molecule has 0 aliphatic rings. The van der Waals surface area contributed by atoms with Gasteiger partial charge >= 0.3 is 0 Å². The molecular weight excluding hydrogens is 96.0 g/mol. The van der Waals surface area contributed by atoms with E-state index in [1.165, 1.54) is 0 Å². The Kier molecular flexibility index (Phi) is 2.08. The van der Waals surface area contributed by atoms with E-state index in [1.807, 2.05) is 0 Å². The van der Waals surface area contributed by atoms with E-state index in [0.717, 1.165) is 6.08 Å². The highest BCUT2D eigenvalue weighted by atomic mass is 16.4. The fourth-order valence-corrected chi connectivity index (χ4v) is 0.116. The first-order chi connectivity index (χ1) is 3.18. The second-order valence-electron chi connectivity index (χ2n) is 1.08. The Hall–Kier alpha value is -0.830. The zero-order valence-corrected chi connectivity index (χ0v) is 3.79. The van der Waals surface area contributed by atoms with E-state index in [1.54, 1.807) is 0 Å². The van der Waals surface area contributed by atoms with Crippen molar-refractivity contribution >= 4 is 5.91 Å². The Morgan fingerprint density at radius 1 is 2.00 bits per heavy atom. The van der Waals surface area contributed by atoms with Gasteiger partial charge in [-0.3, -0.25) is 4.79 Å². The molecule has 0 aromatic rings. The first kappa shape index (κ1) is 6.17. The van der Waals surface area contributed by atoms with Crippen molar-refractivity contribution in [3.05, 3.63) is 12.7 Å². The summed E-state index contributed by atoms with van der Waals surface area (Å²) in [5, 5.41) is 8.34. The number of carbonyl (C=O) groups excluding carboxylic acids is 1. The van der Waals surface area contributed by atoms with Crippen molar-refractivity contribution in [2.24, 2.45) is 5.73 Å². The van der Waals surface area contributed by atoms with E-state index in [4.69, 9.17) is 5.11 Å². The monoisotopic (exact) mass is 103 g/mol. The number of carbonyl (C=O) groups is 1. The molecule has 0 aliphatic heterocycles. The van der Waals surface area contributed by atoms with E-state index in [0.29, 0.717) is 0 Å². The lowest BCUT2D eigenvalue weighted by molar-refractivity contribution is -0.123. The van der Waals surface area contributed by atoms with Crippen LogP contribution in [0.2, 0.25) is 0 Å². The van der Waals surface area contributed by atoms with Gasteiger partial charge in [-0.1, -0.05) is 12.7 Å². The number of rotatable bonds is 2. The minimum Gasteiger partial charge on any atom is -0.379 e. The molecule has 7 heavy (non-hydrogen) atoms. The first-order valence-electron chi connectivity index (χ1n) is 1.78. The molecule has 0 aromatic carbocycles. The molecule has 0 aromatic heterocycles. The van der Waals surface area contributed by atoms with Crippen molar-refractivity contribution in [1.82, 2.24) is 0 Å². The number of aliphatic hydroxyl groups is 1. The van der Waals surface area contributed by atoms with E-state index < -0.39 is 12.0 Å². The van der Waals surface area contributed by atoms with Crippen molar-refractivity contribution < 1.29 is 9.90 Å². The van der Waals surface area contributed by atoms with Gasteiger partial charge in [-0.2, -0.15) is 0 Å². The summed E-state index contributed by atoms with van der Waals surface area (Å²) >= 11 is 0. The van der Waals surface area contributed by atoms with Crippen LogP contribution in [0, 0.1) is 0 Å². The number of hydrogen-bond donors (Lipinski definition) is 2. The van der Waals surface area contributed by atoms with E-state index >= 15 is 0 Å². The van der Waals surface area contributed by atoms with Crippen molar-refractivity contribution in [3.8, 4) is 0 Å². The predicted octanol–water partition coefficient (Wildman–Crippen LogP) is -0.981. The van der Waals surface area contributed by atoms with Crippen molar-refractivity contribution in [3.63, 3.8) is 0 Å². The summed E-state index contributed by atoms with van der Waals surface area (Å²) in [7, 11) is 0. The van der Waals surface area contributed by atoms with Crippen LogP contribution in [-0.2, 0) is 4.79 Å². The SMILES string of the molecule is C=CC(O)[14C](N)=O. The molecule has 0 bridgehead atoms. The second kappa shape index (κ2) is 2.36. The molecule has 3 nitrogen and oxygen atoms in total. The number of amides is 1. The van der Waals surface area contributed by atoms with Crippen LogP contribution in [0.15, 0.2) is 12.7 Å². The minimum absolute atomic E-state index is 0.769. The van der Waals surface area contributed by atoms with Crippen LogP contribution < -0.4 is 5.73 Å². The molecule has 40 valence electrons. The van der Waals surface area contributed by atoms with Gasteiger partial charge in [0.25, 0.3) is 0 Å². The molecule has 0 spiro atoms. The van der Waals surface area contributed by atoms with Crippen LogP contribution in [0.3, 0.4) is 0 Å². The highest BCUT2D eigenvalue weighted by molar-refractivity contribution is 5.80. The normalized spacial score (nSPS) is 12.7. The van der Waals surface area contributed by atoms with Crippen LogP contribution in [0.1, 0.15) is 0 Å². The van der Waals surface area contributed by atoms with Gasteiger partial charge < -0.3 is 10.8 Å². The topological polar surface area (TPSA) is 63.3 Å². The fraction of sp³-hybridized carbons (Fsp3) is 0.250. The molecule has 1 unspecified atom stereocenters. The fourth-order valence-electron chi connectivity index (χ4n) is 0.116. The second-order valence-corrected chi connectivity index (χ2v) is 1.08. The Morgan fingerprint density at radius 3 is 2.43 bits per heavy atom. The Morgan fingerprint density at radius 2 is 2.43 bits per heavy atom. The van der Waals surface area contributed by atoms with E-state index in [2.05, 4.69) is 12.3 Å². The van der Waals surface area contributed by atoms with Crippen LogP contribution in [0.5, 0.6) is 0 Å². The van der Waals surface area contributed by atoms with Crippen molar-refractivity contribution in [2.45, 2.75) is 6.10 Å². The van der Waals surface area contributed by atoms with Crippen LogP contribution in [-0.4, -0.2) is 17.1 Å². The highest BCUT2D eigenvalue weighted by Crippen LogP contribution is 1.76. The van der Waals surface area contributed by atoms with Gasteiger partial charge in [0, 0.05) is 0 Å². The average Bonchev–Trinajstić information content (AvgIpc) is 1.65. The molecular formula is C4H7NO2. The van der Waals surface area contributed by atoms with Crippen LogP contribution in [0.4, 0.5) is 0 Å². The maximum Gasteiger partial charge on any atom is 0.250 e. The lowest BCUT2D eigenvalue weighted by Gasteiger charge is -1.93. The van der Waals surface area contributed by atoms with Crippen LogP contribution >= 0.6 is 0 Å². The zero-order valence-electron chi connectivity index (χ0n) is 3.79. The molecule has 3 N–H and O–H groups in total. The van der Waals surface area contributed by atoms with Crippen molar-refractivity contribution in [2.75, 3.05) is 0 Å². The predicted molar refractivity (Wildman–Crippen MR) is 25.4 cm³/mol. The molecule has 0 heterocycles. The Bertz CT molecular complexity index is 89.7. The molecule has 0 aliphatic carbocycles. The van der Waals surface area contributed by atoms with Gasteiger partial charge in [0.2, 0.25) is 5.91 Å². The number of aliphatic hydroxyl groups excluding tert-OH is 1. The summed E-state index contributed by atoms with van der Waals surface area (Å²) in [6, 6.07) is 0. The van der Waals surface area contributed by atoms with Gasteiger partial charge in [0.15, 0.2) is 0 Å². The zero-order chi connectivity index (χ0) is 5.86. The number of nitrogens with two attached hydrogens (primary N) is 1. The molecule has 3 heteroatoms. The standard InChI is InChI=1S/C4H7NO2/c1-2-3(6)4(5)7/h2-3,6H,1H2,(H2,5,7)/i4+2. The lowest BCUT2D eigenvalue weighted by atomic mass is 10.6. The third kappa shape index (κ3) is 1.94. The largest absolute Gasteiger partial charge is 0.379 e. The maximum absolute atomic E-state index is 9.83. The third-order valence-corrected chi connectivity index (χ3v) is 0.515. The summed E-state index contributed by atoms with van der Waals surface area (Å²) in [6.45, 7) is 3.13. The molecule has 0 rings (SSSR count). The average molecular weight is 103 g/mol. The highest BCUT2D eigenvalue weighted by Gasteiger charge is 2.01. The first-order valence-corrected chi connectivity index (χ1v) is 1.78. The molecule has 0 saturated carbocycles. The molecule has 0 saturated heterocycles. The molecule has 0 fully saturated rings. The Balaban J connectivity index is 3.55. The summed E-state index contributed by atoms with van der Waals surface area (Å²) in [6.07, 6.45) is -0.123. The van der Waals surface area contributed by atoms with E-state index in [-0.39, 0.29) is 0 Å². The summed E-state index contributed by atoms with van der Waals surface area (Å²) in [4.78, 5) is 9.83. The number of primary amides is 1.